The lowest BCUT2D eigenvalue weighted by molar-refractivity contribution is 0.0950. The van der Waals surface area contributed by atoms with E-state index < -0.39 is 9.84 Å². The van der Waals surface area contributed by atoms with Crippen LogP contribution in [0, 0.1) is 13.8 Å². The van der Waals surface area contributed by atoms with E-state index in [1.165, 1.54) is 18.3 Å². The largest absolute Gasteiger partial charge is 0.493 e. The van der Waals surface area contributed by atoms with Crippen LogP contribution in [0.1, 0.15) is 27.0 Å². The van der Waals surface area contributed by atoms with Crippen molar-refractivity contribution in [2.75, 3.05) is 14.2 Å². The zero-order chi connectivity index (χ0) is 22.6. The molecule has 1 N–H and O–H groups in total. The first-order chi connectivity index (χ1) is 14.8. The van der Waals surface area contributed by atoms with E-state index >= 15 is 0 Å². The van der Waals surface area contributed by atoms with Crippen LogP contribution in [0.25, 0.3) is 0 Å². The Morgan fingerprint density at radius 2 is 1.68 bits per heavy atom. The number of hydrogen-bond acceptors (Lipinski definition) is 6. The minimum Gasteiger partial charge on any atom is -0.493 e. The van der Waals surface area contributed by atoms with Gasteiger partial charge in [-0.15, -0.1) is 0 Å². The van der Waals surface area contributed by atoms with Crippen molar-refractivity contribution < 1.29 is 22.7 Å². The number of amides is 1. The van der Waals surface area contributed by atoms with Crippen LogP contribution in [0.15, 0.2) is 64.6 Å². The quantitative estimate of drug-likeness (QED) is 0.604. The lowest BCUT2D eigenvalue weighted by atomic mass is 10.1. The molecule has 1 amide bonds. The topological polar surface area (TPSA) is 94.6 Å². The zero-order valence-electron chi connectivity index (χ0n) is 17.8. The first-order valence-electron chi connectivity index (χ1n) is 9.53. The van der Waals surface area contributed by atoms with Crippen LogP contribution in [0.4, 0.5) is 0 Å². The van der Waals surface area contributed by atoms with Crippen molar-refractivity contribution in [3.63, 3.8) is 0 Å². The van der Waals surface area contributed by atoms with E-state index in [1.54, 1.807) is 44.6 Å². The highest BCUT2D eigenvalue weighted by atomic mass is 32.2. The van der Waals surface area contributed by atoms with E-state index in [4.69, 9.17) is 9.47 Å². The summed E-state index contributed by atoms with van der Waals surface area (Å²) in [5.41, 5.74) is 2.98. The number of aromatic nitrogens is 1. The molecule has 0 spiro atoms. The van der Waals surface area contributed by atoms with Crippen LogP contribution < -0.4 is 14.8 Å². The van der Waals surface area contributed by atoms with Crippen molar-refractivity contribution in [2.24, 2.45) is 0 Å². The highest BCUT2D eigenvalue weighted by molar-refractivity contribution is 7.91. The molecular weight excluding hydrogens is 416 g/mol. The predicted octanol–water partition coefficient (Wildman–Crippen LogP) is 3.48. The molecule has 8 heteroatoms. The van der Waals surface area contributed by atoms with Gasteiger partial charge in [0.25, 0.3) is 5.91 Å². The Hall–Kier alpha value is -3.39. The Labute approximate surface area is 182 Å². The Balaban J connectivity index is 1.72. The van der Waals surface area contributed by atoms with Crippen LogP contribution in [-0.2, 0) is 16.4 Å². The number of rotatable bonds is 7. The molecule has 3 aromatic rings. The van der Waals surface area contributed by atoms with Crippen LogP contribution >= 0.6 is 0 Å². The fourth-order valence-corrected chi connectivity index (χ4v) is 4.21. The maximum atomic E-state index is 12.8. The number of carbonyl (C=O) groups excluding carboxylic acids is 1. The maximum Gasteiger partial charge on any atom is 0.253 e. The van der Waals surface area contributed by atoms with Gasteiger partial charge in [0.1, 0.15) is 0 Å². The summed E-state index contributed by atoms with van der Waals surface area (Å²) in [7, 11) is -0.666. The van der Waals surface area contributed by atoms with E-state index in [0.717, 1.165) is 16.7 Å². The summed E-state index contributed by atoms with van der Waals surface area (Å²) in [4.78, 5) is 16.6. The van der Waals surface area contributed by atoms with Gasteiger partial charge in [0, 0.05) is 12.7 Å². The van der Waals surface area contributed by atoms with E-state index in [9.17, 15) is 13.2 Å². The molecule has 0 bridgehead atoms. The minimum atomic E-state index is -3.76. The number of carbonyl (C=O) groups is 1. The van der Waals surface area contributed by atoms with Gasteiger partial charge in [-0.3, -0.25) is 4.79 Å². The number of benzene rings is 2. The monoisotopic (exact) mass is 440 g/mol. The van der Waals surface area contributed by atoms with Crippen molar-refractivity contribution in [3.8, 4) is 11.5 Å². The second-order valence-corrected chi connectivity index (χ2v) is 8.90. The van der Waals surface area contributed by atoms with Crippen molar-refractivity contribution in [1.29, 1.82) is 0 Å². The molecule has 3 rings (SSSR count). The van der Waals surface area contributed by atoms with E-state index in [2.05, 4.69) is 10.3 Å². The minimum absolute atomic E-state index is 0.104. The first kappa shape index (κ1) is 22.3. The summed E-state index contributed by atoms with van der Waals surface area (Å²) in [6.07, 6.45) is 1.26. The van der Waals surface area contributed by atoms with Crippen LogP contribution in [-0.4, -0.2) is 33.5 Å². The van der Waals surface area contributed by atoms with Gasteiger partial charge >= 0.3 is 0 Å². The SMILES string of the molecule is COc1ccc(CNC(=O)c2ccc(S(=O)(=O)c3ccc(C)c(C)c3)nc2)cc1OC. The number of sulfone groups is 1. The third kappa shape index (κ3) is 4.86. The number of nitrogens with zero attached hydrogens (tertiary/aromatic N) is 1. The maximum absolute atomic E-state index is 12.8. The van der Waals surface area contributed by atoms with Gasteiger partial charge < -0.3 is 14.8 Å². The summed E-state index contributed by atoms with van der Waals surface area (Å²) in [5.74, 6) is 0.802. The molecule has 0 saturated carbocycles. The van der Waals surface area contributed by atoms with Gasteiger partial charge in [-0.25, -0.2) is 13.4 Å². The normalized spacial score (nSPS) is 11.1. The highest BCUT2D eigenvalue weighted by Gasteiger charge is 2.20. The molecule has 0 saturated heterocycles. The standard InChI is InChI=1S/C23H24N2O5S/c1-15-5-8-19(11-16(15)2)31(27,28)22-10-7-18(14-24-22)23(26)25-13-17-6-9-20(29-3)21(12-17)30-4/h5-12,14H,13H2,1-4H3,(H,25,26). The van der Waals surface area contributed by atoms with E-state index in [1.807, 2.05) is 19.9 Å². The molecule has 162 valence electrons. The molecule has 0 fully saturated rings. The smallest absolute Gasteiger partial charge is 0.253 e. The van der Waals surface area contributed by atoms with Crippen molar-refractivity contribution in [1.82, 2.24) is 10.3 Å². The van der Waals surface area contributed by atoms with Crippen LogP contribution in [0.2, 0.25) is 0 Å². The highest BCUT2D eigenvalue weighted by Crippen LogP contribution is 2.27. The summed E-state index contributed by atoms with van der Waals surface area (Å²) in [6.45, 7) is 4.04. The number of aryl methyl sites for hydroxylation is 2. The molecule has 0 aliphatic carbocycles. The summed E-state index contributed by atoms with van der Waals surface area (Å²) >= 11 is 0. The molecule has 0 radical (unpaired) electrons. The molecule has 0 unspecified atom stereocenters. The van der Waals surface area contributed by atoms with Gasteiger partial charge in [-0.1, -0.05) is 12.1 Å². The molecule has 31 heavy (non-hydrogen) atoms. The van der Waals surface area contributed by atoms with Crippen LogP contribution in [0.5, 0.6) is 11.5 Å². The average molecular weight is 441 g/mol. The van der Waals surface area contributed by atoms with Gasteiger partial charge in [-0.05, 0) is 66.9 Å². The molecule has 1 aromatic heterocycles. The molecule has 1 heterocycles. The predicted molar refractivity (Wildman–Crippen MR) is 116 cm³/mol. The summed E-state index contributed by atoms with van der Waals surface area (Å²) < 4.78 is 36.1. The summed E-state index contributed by atoms with van der Waals surface area (Å²) in [6, 6.07) is 13.1. The molecule has 0 aliphatic heterocycles. The molecule has 7 nitrogen and oxygen atoms in total. The van der Waals surface area contributed by atoms with Crippen LogP contribution in [0.3, 0.4) is 0 Å². The zero-order valence-corrected chi connectivity index (χ0v) is 18.6. The Bertz CT molecular complexity index is 1210. The first-order valence-corrected chi connectivity index (χ1v) is 11.0. The second-order valence-electron chi connectivity index (χ2n) is 7.01. The number of nitrogens with one attached hydrogen (secondary N) is 1. The van der Waals surface area contributed by atoms with Crippen molar-refractivity contribution in [2.45, 2.75) is 30.3 Å². The van der Waals surface area contributed by atoms with E-state index in [-0.39, 0.29) is 27.9 Å². The summed E-state index contributed by atoms with van der Waals surface area (Å²) in [5, 5.41) is 2.68. The van der Waals surface area contributed by atoms with E-state index in [0.29, 0.717) is 11.5 Å². The lowest BCUT2D eigenvalue weighted by Crippen LogP contribution is -2.23. The molecule has 0 aliphatic rings. The fraction of sp³-hybridized carbons (Fsp3) is 0.217. The number of hydrogen-bond donors (Lipinski definition) is 1. The average Bonchev–Trinajstić information content (AvgIpc) is 2.79. The second kappa shape index (κ2) is 9.18. The molecule has 2 aromatic carbocycles. The van der Waals surface area contributed by atoms with Gasteiger partial charge in [0.2, 0.25) is 9.84 Å². The van der Waals surface area contributed by atoms with Crippen molar-refractivity contribution in [3.05, 3.63) is 77.0 Å². The third-order valence-corrected chi connectivity index (χ3v) is 6.63. The number of ether oxygens (including phenoxy) is 2. The molecule has 0 atom stereocenters. The van der Waals surface area contributed by atoms with Crippen molar-refractivity contribution >= 4 is 15.7 Å². The Morgan fingerprint density at radius 3 is 2.29 bits per heavy atom. The lowest BCUT2D eigenvalue weighted by Gasteiger charge is -2.11. The van der Waals surface area contributed by atoms with Gasteiger partial charge in [0.05, 0.1) is 24.7 Å². The van der Waals surface area contributed by atoms with Gasteiger partial charge in [-0.2, -0.15) is 0 Å². The Kier molecular flexibility index (Phi) is 6.60. The molecular formula is C23H24N2O5S. The third-order valence-electron chi connectivity index (χ3n) is 4.96. The van der Waals surface area contributed by atoms with Gasteiger partial charge in [0.15, 0.2) is 16.5 Å². The fourth-order valence-electron chi connectivity index (χ4n) is 2.95. The Morgan fingerprint density at radius 1 is 0.935 bits per heavy atom. The number of methoxy groups -OCH3 is 2. The number of pyridine rings is 1.